The molecular weight excluding hydrogens is 1510 g/mol. The van der Waals surface area contributed by atoms with E-state index in [-0.39, 0.29) is 11.9 Å². The van der Waals surface area contributed by atoms with Crippen LogP contribution in [0.1, 0.15) is 13.3 Å². The second-order valence-corrected chi connectivity index (χ2v) is 110. The predicted octanol–water partition coefficient (Wildman–Crippen LogP) is 16.1. The van der Waals surface area contributed by atoms with Gasteiger partial charge in [0.15, 0.2) is 8.32 Å². The largest absolute Gasteiger partial charge is 0.495 e. The summed E-state index contributed by atoms with van der Waals surface area (Å²) >= 11 is 0. The fourth-order valence-corrected chi connectivity index (χ4v) is 122. The Hall–Kier alpha value is 3.22. The van der Waals surface area contributed by atoms with Gasteiger partial charge in [-0.1, -0.05) is 6.92 Å². The van der Waals surface area contributed by atoms with Crippen LogP contribution in [-0.2, 0) is 91.5 Å². The first-order chi connectivity index (χ1) is 38.7. The number of carbonyl (C=O) groups is 1. The smallest absolute Gasteiger partial charge is 0.390 e. The van der Waals surface area contributed by atoms with E-state index in [1.165, 1.54) is 0 Å². The SMILES string of the molecule is CCC1C[Si](C)(O[Si](C)(C)O[Si](C)(C)O[Si](C)(C)O[Si](C)(C)O[Si](C)(C)O[Si](C)(C)O[Si](C)(C)O[Si](C)(C)O[Si](C)(C)O[Si](C)(C)O[Si](C)(C)O[Si](C)(C)O[Si](C)(C)O[Si](C)(C)O[Si](C)(C)O[Si](C)(C)O[Si](C)(C)O[Si](C)(C)O[Si](C)(C)O[Si](C)(C)C)OC1=O. The van der Waals surface area contributed by atoms with E-state index < -0.39 is 180 Å². The molecule has 0 saturated carbocycles. The lowest BCUT2D eigenvalue weighted by Gasteiger charge is -2.45. The zero-order valence-corrected chi connectivity index (χ0v) is 86.0. The van der Waals surface area contributed by atoms with E-state index in [1.807, 2.05) is 131 Å². The van der Waals surface area contributed by atoms with Crippen LogP contribution in [-0.4, -0.2) is 186 Å². The van der Waals surface area contributed by atoms with Crippen LogP contribution in [0.4, 0.5) is 0 Å². The maximum Gasteiger partial charge on any atom is 0.390 e. The summed E-state index contributed by atoms with van der Waals surface area (Å²) in [7, 11) is -57.8. The van der Waals surface area contributed by atoms with Gasteiger partial charge in [0, 0.05) is 6.04 Å². The van der Waals surface area contributed by atoms with Crippen molar-refractivity contribution in [3.05, 3.63) is 0 Å². The van der Waals surface area contributed by atoms with Crippen molar-refractivity contribution < 1.29 is 91.5 Å². The summed E-state index contributed by atoms with van der Waals surface area (Å²) in [6.07, 6.45) is 0.736. The number of hydrogen-bond donors (Lipinski definition) is 0. The molecule has 0 aromatic carbocycles. The summed E-state index contributed by atoms with van der Waals surface area (Å²) in [6.45, 7) is 88.4. The molecule has 43 heteroatoms. The Morgan fingerprint density at radius 3 is 0.522 bits per heavy atom. The van der Waals surface area contributed by atoms with E-state index >= 15 is 0 Å². The molecule has 0 N–H and O–H groups in total. The minimum absolute atomic E-state index is 0.119. The van der Waals surface area contributed by atoms with Crippen molar-refractivity contribution in [3.63, 3.8) is 0 Å². The Bertz CT molecular complexity index is 2350. The van der Waals surface area contributed by atoms with Gasteiger partial charge in [0.1, 0.15) is 0 Å². The molecule has 90 heavy (non-hydrogen) atoms. The molecule has 1 rings (SSSR count). The Labute approximate surface area is 572 Å². The molecule has 2 unspecified atom stereocenters. The van der Waals surface area contributed by atoms with Crippen molar-refractivity contribution >= 4 is 186 Å². The zero-order valence-electron chi connectivity index (χ0n) is 65.0. The van der Waals surface area contributed by atoms with E-state index in [4.69, 9.17) is 86.7 Å². The zero-order chi connectivity index (χ0) is 71.9. The summed E-state index contributed by atoms with van der Waals surface area (Å²) in [5.41, 5.74) is 0. The summed E-state index contributed by atoms with van der Waals surface area (Å²) in [5, 5.41) is 0. The maximum absolute atomic E-state index is 12.5. The van der Waals surface area contributed by atoms with Crippen LogP contribution >= 0.6 is 0 Å². The lowest BCUT2D eigenvalue weighted by atomic mass is 10.1. The molecule has 22 nitrogen and oxygen atoms in total. The average molecular weight is 1640 g/mol. The summed E-state index contributed by atoms with van der Waals surface area (Å²) in [5.74, 6) is -0.282. The highest BCUT2D eigenvalue weighted by Crippen LogP contribution is 2.38. The first-order valence-corrected chi connectivity index (χ1v) is 91.4. The fraction of sp³-hybridized carbons (Fsp3) is 0.979. The molecule has 0 bridgehead atoms. The van der Waals surface area contributed by atoms with Crippen LogP contribution in [0.25, 0.3) is 0 Å². The molecule has 1 saturated heterocycles. The van der Waals surface area contributed by atoms with Crippen LogP contribution in [0.2, 0.25) is 281 Å². The molecular formula is C47H134O22Si21. The van der Waals surface area contributed by atoms with Crippen molar-refractivity contribution in [2.75, 3.05) is 0 Å². The molecule has 0 amide bonds. The first-order valence-electron chi connectivity index (χ1n) is 31.9. The van der Waals surface area contributed by atoms with Gasteiger partial charge in [0.2, 0.25) is 0 Å². The van der Waals surface area contributed by atoms with Gasteiger partial charge in [0.05, 0.1) is 5.92 Å². The second kappa shape index (κ2) is 30.7. The highest BCUT2D eigenvalue weighted by Gasteiger charge is 2.57. The van der Waals surface area contributed by atoms with Gasteiger partial charge >= 0.3 is 171 Å². The Morgan fingerprint density at radius 2 is 0.400 bits per heavy atom. The average Bonchev–Trinajstić information content (AvgIpc) is 1.27. The van der Waals surface area contributed by atoms with E-state index in [1.54, 1.807) is 0 Å². The minimum Gasteiger partial charge on any atom is -0.495 e. The van der Waals surface area contributed by atoms with Gasteiger partial charge < -0.3 is 86.7 Å². The molecule has 0 aromatic heterocycles. The molecule has 0 aliphatic carbocycles. The summed E-state index contributed by atoms with van der Waals surface area (Å²) in [6, 6.07) is 0.637. The van der Waals surface area contributed by atoms with Gasteiger partial charge in [-0.05, 0) is 281 Å². The second-order valence-electron chi connectivity index (χ2n) is 33.6. The predicted molar refractivity (Wildman–Crippen MR) is 414 cm³/mol. The molecule has 1 aliphatic rings. The van der Waals surface area contributed by atoms with Crippen molar-refractivity contribution in [1.82, 2.24) is 0 Å². The molecule has 538 valence electrons. The van der Waals surface area contributed by atoms with Crippen molar-refractivity contribution in [3.8, 4) is 0 Å². The molecule has 0 aromatic rings. The molecule has 1 aliphatic heterocycles. The number of rotatable bonds is 41. The third-order valence-corrected chi connectivity index (χ3v) is 92.4. The van der Waals surface area contributed by atoms with Gasteiger partial charge in [-0.3, -0.25) is 4.79 Å². The topological polar surface area (TPSA) is 211 Å². The standard InChI is InChI=1S/C47H134O22Si21/c1-44-46-45-90(43,49-47(46)48)69-89(41,42)68-88(39,40)67-87(37,38)66-86(35,36)65-85(33,34)64-84(31,32)63-83(29,30)62-82(27,28)61-81(25,26)60-80(23,24)59-79(21,22)58-78(19,20)57-77(17,18)56-76(15,16)55-75(13,14)54-74(11,12)53-73(9,10)52-72(7,8)51-71(5,6)50-70(2,3)4/h46H,44-45H2,1-43H3. The van der Waals surface area contributed by atoms with E-state index in [9.17, 15) is 4.79 Å². The third kappa shape index (κ3) is 38.3. The first kappa shape index (κ1) is 91.2. The third-order valence-electron chi connectivity index (χ3n) is 11.6. The highest BCUT2D eigenvalue weighted by atomic mass is 28.6. The maximum atomic E-state index is 12.5. The van der Waals surface area contributed by atoms with E-state index in [2.05, 4.69) is 151 Å². The van der Waals surface area contributed by atoms with Crippen LogP contribution in [0, 0.1) is 5.92 Å². The Kier molecular flexibility index (Phi) is 31.1. The van der Waals surface area contributed by atoms with Gasteiger partial charge in [-0.2, -0.15) is 0 Å². The number of carbonyl (C=O) groups excluding carboxylic acids is 1. The summed E-state index contributed by atoms with van der Waals surface area (Å²) in [4.78, 5) is 12.5. The summed E-state index contributed by atoms with van der Waals surface area (Å²) < 4.78 is 143. The van der Waals surface area contributed by atoms with Gasteiger partial charge in [-0.25, -0.2) is 0 Å². The van der Waals surface area contributed by atoms with Crippen LogP contribution in [0.15, 0.2) is 0 Å². The lowest BCUT2D eigenvalue weighted by Crippen LogP contribution is -2.63. The normalized spacial score (nSPS) is 19.1. The minimum atomic E-state index is -2.89. The fourth-order valence-electron chi connectivity index (χ4n) is 13.6. The van der Waals surface area contributed by atoms with Crippen molar-refractivity contribution in [2.45, 2.75) is 294 Å². The van der Waals surface area contributed by atoms with Crippen LogP contribution < -0.4 is 0 Å². The lowest BCUT2D eigenvalue weighted by molar-refractivity contribution is -0.137. The van der Waals surface area contributed by atoms with Gasteiger partial charge in [-0.15, -0.1) is 0 Å². The van der Waals surface area contributed by atoms with Crippen molar-refractivity contribution in [1.29, 1.82) is 0 Å². The Balaban J connectivity index is 2.99. The highest BCUT2D eigenvalue weighted by molar-refractivity contribution is 6.96. The molecule has 1 heterocycles. The quantitative estimate of drug-likeness (QED) is 0.0521. The van der Waals surface area contributed by atoms with Crippen molar-refractivity contribution in [2.24, 2.45) is 5.92 Å². The van der Waals surface area contributed by atoms with E-state index in [0.29, 0.717) is 6.04 Å². The van der Waals surface area contributed by atoms with Crippen LogP contribution in [0.3, 0.4) is 0 Å². The monoisotopic (exact) mass is 1640 g/mol. The number of hydrogen-bond acceptors (Lipinski definition) is 22. The van der Waals surface area contributed by atoms with Crippen LogP contribution in [0.5, 0.6) is 0 Å². The Morgan fingerprint density at radius 1 is 0.267 bits per heavy atom. The molecule has 2 atom stereocenters. The molecule has 0 radical (unpaired) electrons. The molecule has 1 fully saturated rings. The molecule has 0 spiro atoms. The van der Waals surface area contributed by atoms with Gasteiger partial charge in [0.25, 0.3) is 5.97 Å². The van der Waals surface area contributed by atoms with E-state index in [0.717, 1.165) is 6.42 Å².